The number of methoxy groups -OCH3 is 1. The minimum atomic E-state index is -0.900. The van der Waals surface area contributed by atoms with Crippen LogP contribution in [0.2, 0.25) is 0 Å². The number of hydrogen-bond donors (Lipinski definition) is 3. The molecule has 0 spiro atoms. The number of allylic oxidation sites excluding steroid dienone is 1. The summed E-state index contributed by atoms with van der Waals surface area (Å²) in [5.41, 5.74) is 2.48. The third-order valence-corrected chi connectivity index (χ3v) is 6.58. The van der Waals surface area contributed by atoms with Crippen molar-refractivity contribution in [3.8, 4) is 5.75 Å². The van der Waals surface area contributed by atoms with Crippen LogP contribution in [0.3, 0.4) is 0 Å². The van der Waals surface area contributed by atoms with Gasteiger partial charge in [0.2, 0.25) is 5.91 Å². The molecule has 0 aliphatic heterocycles. The van der Waals surface area contributed by atoms with Crippen LogP contribution in [0.25, 0.3) is 0 Å². The van der Waals surface area contributed by atoms with Crippen LogP contribution >= 0.6 is 0 Å². The molecule has 3 N–H and O–H groups in total. The number of nitrogens with zero attached hydrogens (tertiary/aromatic N) is 1. The van der Waals surface area contributed by atoms with Gasteiger partial charge in [-0.25, -0.2) is 0 Å². The quantitative estimate of drug-likeness (QED) is 0.167. The Hall–Kier alpha value is -3.69. The molecule has 0 radical (unpaired) electrons. The molecule has 0 bridgehead atoms. The summed E-state index contributed by atoms with van der Waals surface area (Å²) >= 11 is 0. The number of carboxylic acids is 1. The van der Waals surface area contributed by atoms with E-state index in [4.69, 9.17) is 14.6 Å². The molecule has 0 heterocycles. The summed E-state index contributed by atoms with van der Waals surface area (Å²) in [6.45, 7) is 0.387. The molecule has 0 saturated heterocycles. The third kappa shape index (κ3) is 13.5. The van der Waals surface area contributed by atoms with E-state index in [0.29, 0.717) is 25.1 Å². The molecule has 2 aromatic carbocycles. The second-order valence-electron chi connectivity index (χ2n) is 10.1. The molecular formula is C32H44N2O7. The largest absolute Gasteiger partial charge is 0.497 e. The molecule has 224 valence electrons. The number of ether oxygens (including phenoxy) is 2. The van der Waals surface area contributed by atoms with Crippen LogP contribution in [0.1, 0.15) is 56.1 Å². The fourth-order valence-electron chi connectivity index (χ4n) is 4.19. The molecule has 0 aromatic heterocycles. The van der Waals surface area contributed by atoms with Crippen molar-refractivity contribution in [1.29, 1.82) is 0 Å². The lowest BCUT2D eigenvalue weighted by Gasteiger charge is -2.21. The van der Waals surface area contributed by atoms with Gasteiger partial charge in [-0.1, -0.05) is 42.5 Å². The number of rotatable bonds is 19. The highest BCUT2D eigenvalue weighted by atomic mass is 16.5. The van der Waals surface area contributed by atoms with Crippen molar-refractivity contribution in [3.05, 3.63) is 71.8 Å². The van der Waals surface area contributed by atoms with E-state index in [-0.39, 0.29) is 31.1 Å². The number of amides is 2. The van der Waals surface area contributed by atoms with Crippen LogP contribution in [-0.4, -0.2) is 72.9 Å². The number of carboxylic acid groups (broad SMARTS) is 1. The number of carbonyl (C=O) groups is 3. The van der Waals surface area contributed by atoms with Crippen LogP contribution in [0.5, 0.6) is 5.75 Å². The van der Waals surface area contributed by atoms with E-state index in [0.717, 1.165) is 42.6 Å². The third-order valence-electron chi connectivity index (χ3n) is 6.58. The zero-order chi connectivity index (χ0) is 30.0. The first kappa shape index (κ1) is 33.5. The number of nitrogens with one attached hydrogen (secondary N) is 1. The van der Waals surface area contributed by atoms with Gasteiger partial charge in [0.15, 0.2) is 0 Å². The monoisotopic (exact) mass is 568 g/mol. The van der Waals surface area contributed by atoms with Crippen molar-refractivity contribution < 1.29 is 34.1 Å². The lowest BCUT2D eigenvalue weighted by molar-refractivity contribution is -0.142. The fourth-order valence-corrected chi connectivity index (χ4v) is 4.19. The molecule has 41 heavy (non-hydrogen) atoms. The maximum absolute atomic E-state index is 12.6. The first-order valence-corrected chi connectivity index (χ1v) is 14.1. The van der Waals surface area contributed by atoms with Gasteiger partial charge in [-0.05, 0) is 74.3 Å². The minimum absolute atomic E-state index is 0.0267. The number of hydrogen-bond acceptors (Lipinski definition) is 6. The number of para-hydroxylation sites is 1. The number of benzene rings is 2. The molecule has 9 nitrogen and oxygen atoms in total. The number of aliphatic hydroxyl groups is 1. The van der Waals surface area contributed by atoms with Crippen molar-refractivity contribution in [2.45, 2.75) is 70.0 Å². The average molecular weight is 569 g/mol. The molecule has 2 rings (SSSR count). The van der Waals surface area contributed by atoms with Gasteiger partial charge in [0.1, 0.15) is 11.9 Å². The molecule has 2 aromatic rings. The highest BCUT2D eigenvalue weighted by molar-refractivity contribution is 5.92. The molecule has 0 fully saturated rings. The zero-order valence-electron chi connectivity index (χ0n) is 24.4. The van der Waals surface area contributed by atoms with E-state index in [1.54, 1.807) is 45.5 Å². The molecular weight excluding hydrogens is 524 g/mol. The first-order chi connectivity index (χ1) is 19.7. The normalized spacial score (nSPS) is 12.6. The number of aliphatic hydroxyl groups excluding tert-OH is 1. The van der Waals surface area contributed by atoms with Crippen LogP contribution in [0.15, 0.2) is 60.7 Å². The molecule has 0 aliphatic carbocycles. The first-order valence-electron chi connectivity index (χ1n) is 14.1. The summed E-state index contributed by atoms with van der Waals surface area (Å²) in [5.74, 6) is -0.542. The number of unbranched alkanes of at least 4 members (excludes halogenated alkanes) is 2. The Morgan fingerprint density at radius 3 is 2.39 bits per heavy atom. The van der Waals surface area contributed by atoms with Crippen molar-refractivity contribution in [2.24, 2.45) is 0 Å². The maximum atomic E-state index is 12.6. The molecule has 2 unspecified atom stereocenters. The number of aryl methyl sites for hydroxylation is 2. The van der Waals surface area contributed by atoms with Gasteiger partial charge in [-0.3, -0.25) is 14.4 Å². The van der Waals surface area contributed by atoms with Gasteiger partial charge in [-0.2, -0.15) is 0 Å². The Balaban J connectivity index is 1.71. The van der Waals surface area contributed by atoms with E-state index >= 15 is 0 Å². The van der Waals surface area contributed by atoms with Crippen LogP contribution < -0.4 is 10.1 Å². The van der Waals surface area contributed by atoms with Crippen molar-refractivity contribution in [3.63, 3.8) is 0 Å². The van der Waals surface area contributed by atoms with Gasteiger partial charge < -0.3 is 29.9 Å². The van der Waals surface area contributed by atoms with Gasteiger partial charge in [0.25, 0.3) is 5.91 Å². The summed E-state index contributed by atoms with van der Waals surface area (Å²) < 4.78 is 11.0. The summed E-state index contributed by atoms with van der Waals surface area (Å²) in [6.07, 6.45) is 6.97. The van der Waals surface area contributed by atoms with Crippen LogP contribution in [0.4, 0.5) is 5.69 Å². The lowest BCUT2D eigenvalue weighted by atomic mass is 10.1. The summed E-state index contributed by atoms with van der Waals surface area (Å²) in [4.78, 5) is 37.6. The van der Waals surface area contributed by atoms with E-state index in [1.807, 2.05) is 36.4 Å². The highest BCUT2D eigenvalue weighted by Crippen LogP contribution is 2.18. The average Bonchev–Trinajstić information content (AvgIpc) is 2.96. The number of likely N-dealkylation sites (N-methyl/N-ethyl adjacent to an activating group) is 1. The second-order valence-corrected chi connectivity index (χ2v) is 10.1. The van der Waals surface area contributed by atoms with E-state index < -0.39 is 18.2 Å². The van der Waals surface area contributed by atoms with Gasteiger partial charge in [-0.15, -0.1) is 0 Å². The molecule has 0 saturated carbocycles. The number of carbonyl (C=O) groups excluding carboxylic acids is 2. The SMILES string of the molecule is COc1ccc(CCC(O)/C=C/CCCCOC(CCC(=O)Nc2ccccc2CCC(=O)O)C(=O)N(C)C)cc1. The van der Waals surface area contributed by atoms with E-state index in [1.165, 1.54) is 4.90 Å². The van der Waals surface area contributed by atoms with Gasteiger partial charge in [0, 0.05) is 39.2 Å². The van der Waals surface area contributed by atoms with Crippen molar-refractivity contribution >= 4 is 23.5 Å². The van der Waals surface area contributed by atoms with Crippen molar-refractivity contribution in [2.75, 3.05) is 33.1 Å². The topological polar surface area (TPSA) is 125 Å². The Labute approximate surface area is 243 Å². The van der Waals surface area contributed by atoms with Crippen LogP contribution in [0, 0.1) is 0 Å². The van der Waals surface area contributed by atoms with Crippen molar-refractivity contribution in [1.82, 2.24) is 4.90 Å². The Morgan fingerprint density at radius 1 is 0.976 bits per heavy atom. The number of aliphatic carboxylic acids is 1. The second kappa shape index (κ2) is 18.6. The summed E-state index contributed by atoms with van der Waals surface area (Å²) in [6, 6.07) is 14.9. The smallest absolute Gasteiger partial charge is 0.303 e. The molecule has 2 amide bonds. The predicted octanol–water partition coefficient (Wildman–Crippen LogP) is 4.62. The highest BCUT2D eigenvalue weighted by Gasteiger charge is 2.22. The van der Waals surface area contributed by atoms with E-state index in [2.05, 4.69) is 5.32 Å². The fraction of sp³-hybridized carbons (Fsp3) is 0.469. The predicted molar refractivity (Wildman–Crippen MR) is 159 cm³/mol. The van der Waals surface area contributed by atoms with Gasteiger partial charge >= 0.3 is 5.97 Å². The Kier molecular flexibility index (Phi) is 15.2. The minimum Gasteiger partial charge on any atom is -0.497 e. The Morgan fingerprint density at radius 2 is 1.71 bits per heavy atom. The molecule has 0 aliphatic rings. The number of anilines is 1. The zero-order valence-corrected chi connectivity index (χ0v) is 24.4. The van der Waals surface area contributed by atoms with Crippen LogP contribution in [-0.2, 0) is 32.0 Å². The summed E-state index contributed by atoms with van der Waals surface area (Å²) in [5, 5.41) is 22.0. The summed E-state index contributed by atoms with van der Waals surface area (Å²) in [7, 11) is 4.94. The van der Waals surface area contributed by atoms with Gasteiger partial charge in [0.05, 0.1) is 13.2 Å². The maximum Gasteiger partial charge on any atom is 0.303 e. The molecule has 9 heteroatoms. The lowest BCUT2D eigenvalue weighted by Crippen LogP contribution is -2.36. The van der Waals surface area contributed by atoms with E-state index in [9.17, 15) is 19.5 Å². The standard InChI is InChI=1S/C32H44N2O7/c1-34(2)32(39)29(20-21-30(36)33-28-12-8-7-10-25(28)16-22-31(37)38)41-23-9-5-4-6-11-26(35)17-13-24-14-18-27(40-3)19-15-24/h6-8,10-12,14-15,18-19,26,29,35H,4-5,9,13,16-17,20-23H2,1-3H3,(H,33,36)(H,37,38)/b11-6+. The Bertz CT molecular complexity index is 1120. The molecule has 2 atom stereocenters.